The Hall–Kier alpha value is -1.13. The molecule has 0 heterocycles. The number of carbonyl (C=O) groups excluding carboxylic acids is 1. The minimum atomic E-state index is -0.652. The first kappa shape index (κ1) is 11.9. The molecule has 0 radical (unpaired) electrons. The Labute approximate surface area is 92.0 Å². The average Bonchev–Trinajstić information content (AvgIpc) is 2.21. The van der Waals surface area contributed by atoms with Gasteiger partial charge < -0.3 is 10.5 Å². The Balaban J connectivity index is 2.85. The van der Waals surface area contributed by atoms with Gasteiger partial charge in [-0.2, -0.15) is 0 Å². The van der Waals surface area contributed by atoms with Gasteiger partial charge in [0.25, 0.3) is 0 Å². The molecule has 0 fully saturated rings. The minimum absolute atomic E-state index is 0.0281. The third-order valence-electron chi connectivity index (χ3n) is 1.97. The normalized spacial score (nSPS) is 12.3. The number of methoxy groups -OCH3 is 1. The largest absolute Gasteiger partial charge is 0.469 e. The van der Waals surface area contributed by atoms with Crippen LogP contribution in [-0.2, 0) is 9.53 Å². The van der Waals surface area contributed by atoms with Gasteiger partial charge in [-0.25, -0.2) is 4.39 Å². The zero-order valence-corrected chi connectivity index (χ0v) is 8.92. The summed E-state index contributed by atoms with van der Waals surface area (Å²) in [4.78, 5) is 11.0. The van der Waals surface area contributed by atoms with Gasteiger partial charge in [-0.15, -0.1) is 0 Å². The van der Waals surface area contributed by atoms with Crippen LogP contribution >= 0.6 is 11.6 Å². The molecule has 0 bridgehead atoms. The molecule has 1 aromatic carbocycles. The number of carbonyl (C=O) groups is 1. The van der Waals surface area contributed by atoms with Crippen molar-refractivity contribution in [2.45, 2.75) is 12.5 Å². The lowest BCUT2D eigenvalue weighted by atomic mass is 10.0. The summed E-state index contributed by atoms with van der Waals surface area (Å²) in [5.74, 6) is -0.891. The van der Waals surface area contributed by atoms with Crippen LogP contribution in [0.15, 0.2) is 18.2 Å². The Bertz CT molecular complexity index is 370. The van der Waals surface area contributed by atoms with Crippen LogP contribution in [0.1, 0.15) is 18.0 Å². The second-order valence-corrected chi connectivity index (χ2v) is 3.46. The van der Waals surface area contributed by atoms with Gasteiger partial charge in [0.15, 0.2) is 0 Å². The van der Waals surface area contributed by atoms with Crippen molar-refractivity contribution in [1.82, 2.24) is 0 Å². The maximum atomic E-state index is 12.9. The van der Waals surface area contributed by atoms with E-state index in [-0.39, 0.29) is 6.42 Å². The Morgan fingerprint density at radius 1 is 1.67 bits per heavy atom. The highest BCUT2D eigenvalue weighted by Gasteiger charge is 2.15. The zero-order valence-electron chi connectivity index (χ0n) is 8.17. The lowest BCUT2D eigenvalue weighted by molar-refractivity contribution is -0.141. The summed E-state index contributed by atoms with van der Waals surface area (Å²) in [6.45, 7) is 0. The number of halogens is 2. The van der Waals surface area contributed by atoms with Crippen molar-refractivity contribution in [3.63, 3.8) is 0 Å². The van der Waals surface area contributed by atoms with E-state index in [2.05, 4.69) is 4.74 Å². The molecule has 0 saturated heterocycles. The summed E-state index contributed by atoms with van der Waals surface area (Å²) in [7, 11) is 1.27. The molecule has 1 aromatic rings. The van der Waals surface area contributed by atoms with Gasteiger partial charge in [0, 0.05) is 11.1 Å². The topological polar surface area (TPSA) is 52.3 Å². The molecule has 5 heteroatoms. The first-order chi connectivity index (χ1) is 7.04. The van der Waals surface area contributed by atoms with Crippen LogP contribution in [0.25, 0.3) is 0 Å². The van der Waals surface area contributed by atoms with Crippen LogP contribution in [0.5, 0.6) is 0 Å². The molecule has 15 heavy (non-hydrogen) atoms. The molecule has 1 atom stereocenters. The molecule has 0 aliphatic heterocycles. The number of hydrogen-bond acceptors (Lipinski definition) is 3. The number of ether oxygens (including phenoxy) is 1. The zero-order chi connectivity index (χ0) is 11.4. The lowest BCUT2D eigenvalue weighted by Crippen LogP contribution is -2.16. The van der Waals surface area contributed by atoms with Gasteiger partial charge >= 0.3 is 5.97 Å². The Morgan fingerprint density at radius 3 is 2.93 bits per heavy atom. The number of nitrogens with two attached hydrogens (primary N) is 1. The molecular weight excluding hydrogens is 221 g/mol. The summed E-state index contributed by atoms with van der Waals surface area (Å²) in [5, 5.41) is 0.341. The molecule has 0 aliphatic rings. The molecule has 1 unspecified atom stereocenters. The SMILES string of the molecule is COC(=O)CC(N)c1cc(F)ccc1Cl. The fourth-order valence-electron chi connectivity index (χ4n) is 1.17. The number of benzene rings is 1. The molecule has 82 valence electrons. The van der Waals surface area contributed by atoms with Crippen LogP contribution in [0.2, 0.25) is 5.02 Å². The molecule has 3 nitrogen and oxygen atoms in total. The van der Waals surface area contributed by atoms with E-state index in [9.17, 15) is 9.18 Å². The minimum Gasteiger partial charge on any atom is -0.469 e. The number of esters is 1. The summed E-state index contributed by atoms with van der Waals surface area (Å²) >= 11 is 5.82. The molecule has 0 amide bonds. The Kier molecular flexibility index (Phi) is 4.05. The van der Waals surface area contributed by atoms with Crippen molar-refractivity contribution in [3.8, 4) is 0 Å². The van der Waals surface area contributed by atoms with Crippen molar-refractivity contribution in [1.29, 1.82) is 0 Å². The third kappa shape index (κ3) is 3.18. The van der Waals surface area contributed by atoms with Crippen molar-refractivity contribution in [2.75, 3.05) is 7.11 Å². The maximum absolute atomic E-state index is 12.9. The van der Waals surface area contributed by atoms with Gasteiger partial charge in [0.1, 0.15) is 5.82 Å². The Morgan fingerprint density at radius 2 is 2.33 bits per heavy atom. The van der Waals surface area contributed by atoms with E-state index in [0.717, 1.165) is 0 Å². The molecule has 2 N–H and O–H groups in total. The van der Waals surface area contributed by atoms with Gasteiger partial charge in [0.2, 0.25) is 0 Å². The van der Waals surface area contributed by atoms with Crippen LogP contribution in [-0.4, -0.2) is 13.1 Å². The highest BCUT2D eigenvalue weighted by Crippen LogP contribution is 2.24. The standard InChI is InChI=1S/C10H11ClFNO2/c1-15-10(14)5-9(13)7-4-6(12)2-3-8(7)11/h2-4,9H,5,13H2,1H3. The molecule has 1 rings (SSSR count). The predicted molar refractivity (Wildman–Crippen MR) is 55.0 cm³/mol. The third-order valence-corrected chi connectivity index (χ3v) is 2.32. The smallest absolute Gasteiger partial charge is 0.307 e. The number of hydrogen-bond donors (Lipinski definition) is 1. The van der Waals surface area contributed by atoms with Crippen molar-refractivity contribution in [2.24, 2.45) is 5.73 Å². The van der Waals surface area contributed by atoms with Crippen LogP contribution in [0.4, 0.5) is 4.39 Å². The fraction of sp³-hybridized carbons (Fsp3) is 0.300. The highest BCUT2D eigenvalue weighted by atomic mass is 35.5. The van der Waals surface area contributed by atoms with Crippen molar-refractivity contribution >= 4 is 17.6 Å². The molecular formula is C10H11ClFNO2. The molecule has 0 aromatic heterocycles. The van der Waals surface area contributed by atoms with E-state index in [1.165, 1.54) is 25.3 Å². The summed E-state index contributed by atoms with van der Waals surface area (Å²) < 4.78 is 17.4. The van der Waals surface area contributed by atoms with Crippen molar-refractivity contribution < 1.29 is 13.9 Å². The van der Waals surface area contributed by atoms with E-state index in [1.54, 1.807) is 0 Å². The van der Waals surface area contributed by atoms with Crippen molar-refractivity contribution in [3.05, 3.63) is 34.6 Å². The average molecular weight is 232 g/mol. The van der Waals surface area contributed by atoms with Crippen LogP contribution in [0, 0.1) is 5.82 Å². The first-order valence-electron chi connectivity index (χ1n) is 4.32. The maximum Gasteiger partial charge on any atom is 0.307 e. The quantitative estimate of drug-likeness (QED) is 0.810. The predicted octanol–water partition coefficient (Wildman–Crippen LogP) is 2.04. The number of rotatable bonds is 3. The van der Waals surface area contributed by atoms with E-state index >= 15 is 0 Å². The van der Waals surface area contributed by atoms with Crippen LogP contribution < -0.4 is 5.73 Å². The van der Waals surface area contributed by atoms with E-state index in [1.807, 2.05) is 0 Å². The second-order valence-electron chi connectivity index (χ2n) is 3.05. The monoisotopic (exact) mass is 231 g/mol. The van der Waals surface area contributed by atoms with Gasteiger partial charge in [0.05, 0.1) is 13.5 Å². The molecule has 0 spiro atoms. The first-order valence-corrected chi connectivity index (χ1v) is 4.69. The van der Waals surface area contributed by atoms with E-state index in [4.69, 9.17) is 17.3 Å². The molecule has 0 aliphatic carbocycles. The summed E-state index contributed by atoms with van der Waals surface area (Å²) in [5.41, 5.74) is 6.09. The summed E-state index contributed by atoms with van der Waals surface area (Å²) in [6.07, 6.45) is -0.0281. The van der Waals surface area contributed by atoms with E-state index < -0.39 is 17.8 Å². The highest BCUT2D eigenvalue weighted by molar-refractivity contribution is 6.31. The summed E-state index contributed by atoms with van der Waals surface area (Å²) in [6, 6.07) is 3.20. The lowest BCUT2D eigenvalue weighted by Gasteiger charge is -2.12. The van der Waals surface area contributed by atoms with E-state index in [0.29, 0.717) is 10.6 Å². The van der Waals surface area contributed by atoms with Gasteiger partial charge in [-0.05, 0) is 23.8 Å². The van der Waals surface area contributed by atoms with Crippen LogP contribution in [0.3, 0.4) is 0 Å². The van der Waals surface area contributed by atoms with Gasteiger partial charge in [-0.1, -0.05) is 11.6 Å². The fourth-order valence-corrected chi connectivity index (χ4v) is 1.43. The second kappa shape index (κ2) is 5.09. The molecule has 0 saturated carbocycles. The van der Waals surface area contributed by atoms with Gasteiger partial charge in [-0.3, -0.25) is 4.79 Å².